The molecule has 3 rings (SSSR count). The molecule has 3 aromatic rings. The van der Waals surface area contributed by atoms with Gasteiger partial charge in [0, 0.05) is 5.56 Å². The maximum Gasteiger partial charge on any atom is 0.280 e. The van der Waals surface area contributed by atoms with E-state index in [1.165, 1.54) is 6.07 Å². The topological polar surface area (TPSA) is 47.3 Å². The third-order valence-electron chi connectivity index (χ3n) is 3.28. The van der Waals surface area contributed by atoms with Gasteiger partial charge in [-0.2, -0.15) is 5.10 Å². The molecule has 0 bridgehead atoms. The SMILES string of the molecule is Cc1ccc(-c2cc(C(F)F)n3ncc(C(=O)Cl)c3n2)cc1. The van der Waals surface area contributed by atoms with Crippen LogP contribution in [0.4, 0.5) is 8.78 Å². The lowest BCUT2D eigenvalue weighted by molar-refractivity contribution is 0.108. The number of nitrogens with zero attached hydrogens (tertiary/aromatic N) is 3. The van der Waals surface area contributed by atoms with E-state index in [0.717, 1.165) is 16.3 Å². The number of carbonyl (C=O) groups is 1. The molecule has 0 spiro atoms. The van der Waals surface area contributed by atoms with Crippen LogP contribution in [0.2, 0.25) is 0 Å². The Kier molecular flexibility index (Phi) is 3.62. The van der Waals surface area contributed by atoms with Gasteiger partial charge in [-0.15, -0.1) is 0 Å². The predicted octanol–water partition coefficient (Wildman–Crippen LogP) is 4.02. The van der Waals surface area contributed by atoms with Crippen LogP contribution in [0.3, 0.4) is 0 Å². The van der Waals surface area contributed by atoms with Gasteiger partial charge in [-0.05, 0) is 24.6 Å². The van der Waals surface area contributed by atoms with E-state index in [0.29, 0.717) is 11.3 Å². The van der Waals surface area contributed by atoms with Gasteiger partial charge < -0.3 is 0 Å². The van der Waals surface area contributed by atoms with Crippen molar-refractivity contribution in [2.75, 3.05) is 0 Å². The summed E-state index contributed by atoms with van der Waals surface area (Å²) in [7, 11) is 0. The lowest BCUT2D eigenvalue weighted by Crippen LogP contribution is -2.03. The number of carbonyl (C=O) groups excluding carboxylic acids is 1. The van der Waals surface area contributed by atoms with E-state index in [4.69, 9.17) is 11.6 Å². The van der Waals surface area contributed by atoms with Crippen molar-refractivity contribution in [3.8, 4) is 11.3 Å². The van der Waals surface area contributed by atoms with E-state index < -0.39 is 11.7 Å². The average molecular weight is 322 g/mol. The summed E-state index contributed by atoms with van der Waals surface area (Å²) in [5.74, 6) is 0. The first-order valence-corrected chi connectivity index (χ1v) is 6.79. The number of benzene rings is 1. The zero-order valence-corrected chi connectivity index (χ0v) is 12.2. The first-order valence-electron chi connectivity index (χ1n) is 6.41. The molecule has 0 saturated carbocycles. The Hall–Kier alpha value is -2.34. The number of alkyl halides is 2. The fraction of sp³-hybridized carbons (Fsp3) is 0.133. The van der Waals surface area contributed by atoms with Gasteiger partial charge in [0.15, 0.2) is 5.65 Å². The van der Waals surface area contributed by atoms with Gasteiger partial charge in [-0.1, -0.05) is 29.8 Å². The molecule has 0 aliphatic rings. The highest BCUT2D eigenvalue weighted by Crippen LogP contribution is 2.27. The number of halogens is 3. The molecule has 112 valence electrons. The fourth-order valence-corrected chi connectivity index (χ4v) is 2.29. The summed E-state index contributed by atoms with van der Waals surface area (Å²) in [5, 5.41) is 2.99. The van der Waals surface area contributed by atoms with Crippen LogP contribution < -0.4 is 0 Å². The Balaban J connectivity index is 2.29. The van der Waals surface area contributed by atoms with Crippen LogP contribution >= 0.6 is 11.6 Å². The standard InChI is InChI=1S/C15H10ClF2N3O/c1-8-2-4-9(5-3-8)11-6-12(14(17)18)21-15(20-11)10(7-19-21)13(16)22/h2-7,14H,1H3. The summed E-state index contributed by atoms with van der Waals surface area (Å²) in [6.45, 7) is 1.92. The molecule has 0 aliphatic carbocycles. The van der Waals surface area contributed by atoms with E-state index in [-0.39, 0.29) is 16.9 Å². The maximum atomic E-state index is 13.3. The summed E-state index contributed by atoms with van der Waals surface area (Å²) in [4.78, 5) is 15.6. The molecule has 0 aliphatic heterocycles. The summed E-state index contributed by atoms with van der Waals surface area (Å²) in [6, 6.07) is 8.53. The molecular formula is C15H10ClF2N3O. The lowest BCUT2D eigenvalue weighted by Gasteiger charge is -2.08. The molecule has 0 amide bonds. The van der Waals surface area contributed by atoms with Crippen molar-refractivity contribution in [2.24, 2.45) is 0 Å². The minimum Gasteiger partial charge on any atom is -0.275 e. The van der Waals surface area contributed by atoms with Crippen molar-refractivity contribution < 1.29 is 13.6 Å². The zero-order valence-electron chi connectivity index (χ0n) is 11.4. The van der Waals surface area contributed by atoms with Crippen molar-refractivity contribution in [1.82, 2.24) is 14.6 Å². The highest BCUT2D eigenvalue weighted by Gasteiger charge is 2.20. The van der Waals surface area contributed by atoms with Gasteiger partial charge >= 0.3 is 0 Å². The van der Waals surface area contributed by atoms with E-state index in [1.54, 1.807) is 12.1 Å². The third-order valence-corrected chi connectivity index (χ3v) is 3.49. The van der Waals surface area contributed by atoms with Crippen LogP contribution in [-0.4, -0.2) is 19.8 Å². The molecule has 7 heteroatoms. The summed E-state index contributed by atoms with van der Waals surface area (Å²) in [5.41, 5.74) is 1.72. The van der Waals surface area contributed by atoms with Crippen molar-refractivity contribution in [1.29, 1.82) is 0 Å². The minimum absolute atomic E-state index is 0.00229. The molecule has 0 radical (unpaired) electrons. The molecule has 0 unspecified atom stereocenters. The van der Waals surface area contributed by atoms with Crippen molar-refractivity contribution in [3.63, 3.8) is 0 Å². The van der Waals surface area contributed by atoms with Gasteiger partial charge in [0.2, 0.25) is 0 Å². The summed E-state index contributed by atoms with van der Waals surface area (Å²) >= 11 is 5.45. The molecule has 4 nitrogen and oxygen atoms in total. The second-order valence-corrected chi connectivity index (χ2v) is 5.14. The normalized spacial score (nSPS) is 11.3. The Labute approximate surface area is 129 Å². The fourth-order valence-electron chi connectivity index (χ4n) is 2.15. The smallest absolute Gasteiger partial charge is 0.275 e. The Morgan fingerprint density at radius 3 is 2.55 bits per heavy atom. The molecule has 22 heavy (non-hydrogen) atoms. The average Bonchev–Trinajstić information content (AvgIpc) is 2.90. The number of hydrogen-bond acceptors (Lipinski definition) is 3. The Bertz CT molecular complexity index is 859. The van der Waals surface area contributed by atoms with Crippen LogP contribution in [-0.2, 0) is 0 Å². The Morgan fingerprint density at radius 1 is 1.27 bits per heavy atom. The van der Waals surface area contributed by atoms with Crippen molar-refractivity contribution in [3.05, 3.63) is 53.3 Å². The van der Waals surface area contributed by atoms with Gasteiger partial charge in [0.1, 0.15) is 5.69 Å². The first kappa shape index (κ1) is 14.6. The van der Waals surface area contributed by atoms with Crippen molar-refractivity contribution >= 4 is 22.5 Å². The summed E-state index contributed by atoms with van der Waals surface area (Å²) in [6.07, 6.45) is -1.62. The Morgan fingerprint density at radius 2 is 1.95 bits per heavy atom. The van der Waals surface area contributed by atoms with Gasteiger partial charge in [0.25, 0.3) is 11.7 Å². The second-order valence-electron chi connectivity index (χ2n) is 4.80. The van der Waals surface area contributed by atoms with E-state index in [2.05, 4.69) is 10.1 Å². The van der Waals surface area contributed by atoms with Crippen LogP contribution in [0, 0.1) is 6.92 Å². The van der Waals surface area contributed by atoms with E-state index in [1.807, 2.05) is 19.1 Å². The third kappa shape index (κ3) is 2.46. The van der Waals surface area contributed by atoms with Crippen LogP contribution in [0.5, 0.6) is 0 Å². The van der Waals surface area contributed by atoms with Crippen LogP contribution in [0.15, 0.2) is 36.5 Å². The molecule has 0 N–H and O–H groups in total. The molecule has 0 atom stereocenters. The predicted molar refractivity (Wildman–Crippen MR) is 78.3 cm³/mol. The van der Waals surface area contributed by atoms with Crippen LogP contribution in [0.1, 0.15) is 28.0 Å². The number of fused-ring (bicyclic) bond motifs is 1. The minimum atomic E-state index is -2.76. The van der Waals surface area contributed by atoms with Crippen LogP contribution in [0.25, 0.3) is 16.9 Å². The number of aryl methyl sites for hydroxylation is 1. The molecule has 0 saturated heterocycles. The molecule has 2 aromatic heterocycles. The largest absolute Gasteiger partial charge is 0.280 e. The molecule has 0 fully saturated rings. The van der Waals surface area contributed by atoms with E-state index in [9.17, 15) is 13.6 Å². The maximum absolute atomic E-state index is 13.3. The van der Waals surface area contributed by atoms with Gasteiger partial charge in [-0.3, -0.25) is 4.79 Å². The van der Waals surface area contributed by atoms with Gasteiger partial charge in [-0.25, -0.2) is 18.3 Å². The summed E-state index contributed by atoms with van der Waals surface area (Å²) < 4.78 is 27.5. The number of rotatable bonds is 3. The zero-order chi connectivity index (χ0) is 15.9. The molecular weight excluding hydrogens is 312 g/mol. The first-order chi connectivity index (χ1) is 10.5. The van der Waals surface area contributed by atoms with Gasteiger partial charge in [0.05, 0.1) is 17.5 Å². The monoisotopic (exact) mass is 321 g/mol. The van der Waals surface area contributed by atoms with Crippen molar-refractivity contribution in [2.45, 2.75) is 13.3 Å². The quantitative estimate of drug-likeness (QED) is 0.684. The molecule has 2 heterocycles. The lowest BCUT2D eigenvalue weighted by atomic mass is 10.1. The highest BCUT2D eigenvalue weighted by atomic mass is 35.5. The highest BCUT2D eigenvalue weighted by molar-refractivity contribution is 6.68. The number of hydrogen-bond donors (Lipinski definition) is 0. The van der Waals surface area contributed by atoms with E-state index >= 15 is 0 Å². The molecule has 1 aromatic carbocycles. The second kappa shape index (κ2) is 5.46. The number of aromatic nitrogens is 3.